The van der Waals surface area contributed by atoms with Gasteiger partial charge in [0.05, 0.1) is 12.2 Å². The molecule has 0 radical (unpaired) electrons. The number of fused-ring (bicyclic) bond motifs is 2. The lowest BCUT2D eigenvalue weighted by atomic mass is 9.82. The standard InChI is InChI=1S/C13H23NO/c1-9(2)4-6-12(14-3)11-8-10-5-7-13(11)15-10/h10-14H,1,4-8H2,2-3H3. The smallest absolute Gasteiger partial charge is 0.0623 e. The van der Waals surface area contributed by atoms with E-state index in [0.29, 0.717) is 18.2 Å². The van der Waals surface area contributed by atoms with E-state index >= 15 is 0 Å². The lowest BCUT2D eigenvalue weighted by Crippen LogP contribution is -2.38. The summed E-state index contributed by atoms with van der Waals surface area (Å²) in [5.41, 5.74) is 1.29. The van der Waals surface area contributed by atoms with E-state index in [0.717, 1.165) is 12.3 Å². The van der Waals surface area contributed by atoms with Gasteiger partial charge < -0.3 is 10.1 Å². The molecule has 4 atom stereocenters. The lowest BCUT2D eigenvalue weighted by molar-refractivity contribution is 0.0856. The van der Waals surface area contributed by atoms with E-state index in [4.69, 9.17) is 4.74 Å². The van der Waals surface area contributed by atoms with Crippen molar-refractivity contribution in [3.63, 3.8) is 0 Å². The van der Waals surface area contributed by atoms with E-state index < -0.39 is 0 Å². The Hall–Kier alpha value is -0.340. The average molecular weight is 209 g/mol. The largest absolute Gasteiger partial charge is 0.375 e. The van der Waals surface area contributed by atoms with Gasteiger partial charge in [-0.25, -0.2) is 0 Å². The molecule has 2 aliphatic heterocycles. The second kappa shape index (κ2) is 4.67. The molecule has 1 N–H and O–H groups in total. The SMILES string of the molecule is C=C(C)CCC(NC)C1CC2CCC1O2. The summed E-state index contributed by atoms with van der Waals surface area (Å²) in [5, 5.41) is 3.46. The van der Waals surface area contributed by atoms with Gasteiger partial charge in [0.1, 0.15) is 0 Å². The van der Waals surface area contributed by atoms with E-state index in [-0.39, 0.29) is 0 Å². The van der Waals surface area contributed by atoms with Crippen LogP contribution in [0, 0.1) is 5.92 Å². The van der Waals surface area contributed by atoms with Crippen molar-refractivity contribution >= 4 is 0 Å². The van der Waals surface area contributed by atoms with Gasteiger partial charge >= 0.3 is 0 Å². The molecule has 2 aliphatic rings. The van der Waals surface area contributed by atoms with E-state index in [1.54, 1.807) is 0 Å². The molecule has 0 aromatic heterocycles. The summed E-state index contributed by atoms with van der Waals surface area (Å²) in [4.78, 5) is 0. The highest BCUT2D eigenvalue weighted by Crippen LogP contribution is 2.41. The van der Waals surface area contributed by atoms with Gasteiger partial charge in [-0.1, -0.05) is 5.57 Å². The first-order valence-corrected chi connectivity index (χ1v) is 6.18. The monoisotopic (exact) mass is 209 g/mol. The van der Waals surface area contributed by atoms with Gasteiger partial charge in [0.15, 0.2) is 0 Å². The van der Waals surface area contributed by atoms with Crippen LogP contribution >= 0.6 is 0 Å². The summed E-state index contributed by atoms with van der Waals surface area (Å²) >= 11 is 0. The second-order valence-corrected chi connectivity index (χ2v) is 5.16. The van der Waals surface area contributed by atoms with E-state index in [2.05, 4.69) is 25.9 Å². The molecule has 15 heavy (non-hydrogen) atoms. The van der Waals surface area contributed by atoms with Gasteiger partial charge in [0.25, 0.3) is 0 Å². The molecule has 2 nitrogen and oxygen atoms in total. The van der Waals surface area contributed by atoms with Crippen LogP contribution in [-0.4, -0.2) is 25.3 Å². The van der Waals surface area contributed by atoms with Crippen LogP contribution in [0.25, 0.3) is 0 Å². The first-order valence-electron chi connectivity index (χ1n) is 6.18. The molecule has 4 unspecified atom stereocenters. The number of rotatable bonds is 5. The van der Waals surface area contributed by atoms with Crippen LogP contribution in [0.4, 0.5) is 0 Å². The first kappa shape index (κ1) is 11.2. The fraction of sp³-hybridized carbons (Fsp3) is 0.846. The average Bonchev–Trinajstić information content (AvgIpc) is 2.79. The fourth-order valence-corrected chi connectivity index (χ4v) is 3.07. The van der Waals surface area contributed by atoms with Crippen molar-refractivity contribution in [3.05, 3.63) is 12.2 Å². The summed E-state index contributed by atoms with van der Waals surface area (Å²) < 4.78 is 5.91. The van der Waals surface area contributed by atoms with Gasteiger partial charge in [0, 0.05) is 12.0 Å². The zero-order valence-electron chi connectivity index (χ0n) is 9.96. The van der Waals surface area contributed by atoms with Crippen LogP contribution in [0.2, 0.25) is 0 Å². The highest BCUT2D eigenvalue weighted by molar-refractivity contribution is 4.97. The van der Waals surface area contributed by atoms with Crippen LogP contribution in [0.1, 0.15) is 39.0 Å². The van der Waals surface area contributed by atoms with E-state index in [9.17, 15) is 0 Å². The zero-order valence-corrected chi connectivity index (χ0v) is 9.96. The number of allylic oxidation sites excluding steroid dienone is 1. The number of nitrogens with one attached hydrogen (secondary N) is 1. The number of hydrogen-bond donors (Lipinski definition) is 1. The summed E-state index contributed by atoms with van der Waals surface area (Å²) in [6, 6.07) is 0.622. The van der Waals surface area contributed by atoms with Gasteiger partial charge in [-0.3, -0.25) is 0 Å². The van der Waals surface area contributed by atoms with Crippen LogP contribution in [0.3, 0.4) is 0 Å². The minimum atomic E-state index is 0.539. The maximum atomic E-state index is 5.91. The van der Waals surface area contributed by atoms with Gasteiger partial charge in [-0.05, 0) is 46.1 Å². The van der Waals surface area contributed by atoms with Crippen molar-refractivity contribution in [2.24, 2.45) is 5.92 Å². The van der Waals surface area contributed by atoms with Crippen LogP contribution in [0.5, 0.6) is 0 Å². The molecule has 2 fully saturated rings. The minimum absolute atomic E-state index is 0.539. The molecule has 2 bridgehead atoms. The van der Waals surface area contributed by atoms with Gasteiger partial charge in [-0.15, -0.1) is 6.58 Å². The maximum absolute atomic E-state index is 5.91. The molecular weight excluding hydrogens is 186 g/mol. The molecule has 86 valence electrons. The number of ether oxygens (including phenoxy) is 1. The van der Waals surface area contributed by atoms with E-state index in [1.807, 2.05) is 0 Å². The van der Waals surface area contributed by atoms with E-state index in [1.165, 1.54) is 31.3 Å². The van der Waals surface area contributed by atoms with Gasteiger partial charge in [0.2, 0.25) is 0 Å². The molecule has 2 saturated heterocycles. The molecule has 0 aliphatic carbocycles. The normalized spacial score (nSPS) is 35.7. The maximum Gasteiger partial charge on any atom is 0.0623 e. The Morgan fingerprint density at radius 3 is 2.80 bits per heavy atom. The topological polar surface area (TPSA) is 21.3 Å². The minimum Gasteiger partial charge on any atom is -0.375 e. The molecular formula is C13H23NO. The van der Waals surface area contributed by atoms with Crippen molar-refractivity contribution in [2.75, 3.05) is 7.05 Å². The molecule has 2 heterocycles. The molecule has 0 aromatic rings. The Balaban J connectivity index is 1.86. The first-order chi connectivity index (χ1) is 7.20. The molecule has 0 spiro atoms. The summed E-state index contributed by atoms with van der Waals surface area (Å²) in [5.74, 6) is 0.744. The summed E-state index contributed by atoms with van der Waals surface area (Å²) in [7, 11) is 2.08. The Morgan fingerprint density at radius 2 is 2.33 bits per heavy atom. The van der Waals surface area contributed by atoms with Crippen molar-refractivity contribution in [2.45, 2.75) is 57.3 Å². The lowest BCUT2D eigenvalue weighted by Gasteiger charge is -2.28. The number of hydrogen-bond acceptors (Lipinski definition) is 2. The van der Waals surface area contributed by atoms with Gasteiger partial charge in [-0.2, -0.15) is 0 Å². The Bertz CT molecular complexity index is 239. The second-order valence-electron chi connectivity index (χ2n) is 5.16. The Morgan fingerprint density at radius 1 is 1.53 bits per heavy atom. The molecule has 0 aromatic carbocycles. The third-order valence-electron chi connectivity index (χ3n) is 3.92. The summed E-state index contributed by atoms with van der Waals surface area (Å²) in [6.07, 6.45) is 7.30. The van der Waals surface area contributed by atoms with Crippen molar-refractivity contribution in [3.8, 4) is 0 Å². The predicted molar refractivity (Wildman–Crippen MR) is 62.9 cm³/mol. The zero-order chi connectivity index (χ0) is 10.8. The van der Waals surface area contributed by atoms with Crippen LogP contribution in [0.15, 0.2) is 12.2 Å². The Kier molecular flexibility index (Phi) is 3.47. The van der Waals surface area contributed by atoms with Crippen molar-refractivity contribution in [1.29, 1.82) is 0 Å². The molecule has 2 rings (SSSR count). The molecule has 0 amide bonds. The predicted octanol–water partition coefficient (Wildman–Crippen LogP) is 2.50. The quantitative estimate of drug-likeness (QED) is 0.702. The Labute approximate surface area is 93.1 Å². The molecule has 2 heteroatoms. The highest BCUT2D eigenvalue weighted by atomic mass is 16.5. The highest BCUT2D eigenvalue weighted by Gasteiger charge is 2.43. The third kappa shape index (κ3) is 2.43. The van der Waals surface area contributed by atoms with Crippen LogP contribution in [-0.2, 0) is 4.74 Å². The fourth-order valence-electron chi connectivity index (χ4n) is 3.07. The van der Waals surface area contributed by atoms with Crippen molar-refractivity contribution in [1.82, 2.24) is 5.32 Å². The van der Waals surface area contributed by atoms with Crippen LogP contribution < -0.4 is 5.32 Å². The summed E-state index contributed by atoms with van der Waals surface area (Å²) in [6.45, 7) is 6.09. The molecule has 0 saturated carbocycles. The third-order valence-corrected chi connectivity index (χ3v) is 3.92. The van der Waals surface area contributed by atoms with Crippen molar-refractivity contribution < 1.29 is 4.74 Å².